The lowest BCUT2D eigenvalue weighted by atomic mass is 10.0. The number of amides is 6. The average molecular weight is 1340 g/mol. The van der Waals surface area contributed by atoms with Crippen LogP contribution in [0.3, 0.4) is 0 Å². The van der Waals surface area contributed by atoms with Gasteiger partial charge in [-0.25, -0.2) is 0 Å². The summed E-state index contributed by atoms with van der Waals surface area (Å²) in [5.74, 6) is -10.9. The number of nitrogens with one attached hydrogen (secondary N) is 2. The van der Waals surface area contributed by atoms with Crippen LogP contribution in [0.2, 0.25) is 0 Å². The van der Waals surface area contributed by atoms with E-state index in [1.54, 1.807) is 0 Å². The molecule has 2 atom stereocenters. The molecule has 1 aliphatic heterocycles. The predicted molar refractivity (Wildman–Crippen MR) is 324 cm³/mol. The number of unbranched alkanes of at least 4 members (excludes halogenated alkanes) is 31. The molecule has 0 aromatic rings. The van der Waals surface area contributed by atoms with E-state index in [0.717, 1.165) is 38.5 Å². The normalized spacial score (nSPS) is 14.6. The quantitative estimate of drug-likeness (QED) is 0.0445. The summed E-state index contributed by atoms with van der Waals surface area (Å²) in [4.78, 5) is 76.2. The predicted octanol–water partition coefficient (Wildman–Crippen LogP) is 15.4. The van der Waals surface area contributed by atoms with Crippen LogP contribution < -0.4 is 10.6 Å². The minimum atomic E-state index is -5.54. The molecule has 1 aliphatic rings. The molecule has 15 nitrogen and oxygen atoms in total. The standard InChI is InChI=1S/C64H110F12N6O9/c1-3-5-7-9-11-13-15-17-19-21-23-25-27-29-31-33-42-79(43-34-32-30-28-26-24-22-20-18-16-14-12-10-8-6-4-2)55(84)40-37-49-89-60-90-52-53(91-60)50-78-54(83)51-82(59(88)64(74,75)76)48-39-47-81(58(87)63(71,72)73)45-36-35-44-80(57(86)62(68,69)70)46-38-41-77-56(85)61(65,66)67/h53,60H,3-52H2,1-2H3,(H,77,85)(H,78,83)/t53-,60-/m1/s1. The van der Waals surface area contributed by atoms with E-state index < -0.39 is 138 Å². The van der Waals surface area contributed by atoms with Gasteiger partial charge in [-0.1, -0.05) is 206 Å². The van der Waals surface area contributed by atoms with Crippen LogP contribution in [-0.2, 0) is 43.0 Å². The maximum Gasteiger partial charge on any atom is 0.471 e. The number of alkyl halides is 12. The molecule has 534 valence electrons. The summed E-state index contributed by atoms with van der Waals surface area (Å²) in [7, 11) is 0. The summed E-state index contributed by atoms with van der Waals surface area (Å²) in [6.45, 7) is -2.16. The maximum atomic E-state index is 13.7. The summed E-state index contributed by atoms with van der Waals surface area (Å²) in [5.41, 5.74) is 0. The number of rotatable bonds is 56. The molecule has 2 N–H and O–H groups in total. The average Bonchev–Trinajstić information content (AvgIpc) is 3.72. The van der Waals surface area contributed by atoms with Crippen LogP contribution in [0.15, 0.2) is 0 Å². The lowest BCUT2D eigenvalue weighted by Gasteiger charge is -2.28. The van der Waals surface area contributed by atoms with Gasteiger partial charge in [0.05, 0.1) is 19.8 Å². The first-order chi connectivity index (χ1) is 43.2. The Kier molecular flexibility index (Phi) is 46.9. The number of nitrogens with zero attached hydrogens (tertiary/aromatic N) is 4. The van der Waals surface area contributed by atoms with E-state index in [1.807, 2.05) is 4.90 Å². The Bertz CT molecular complexity index is 1900. The van der Waals surface area contributed by atoms with Crippen molar-refractivity contribution in [3.63, 3.8) is 0 Å². The molecule has 0 unspecified atom stereocenters. The van der Waals surface area contributed by atoms with Gasteiger partial charge in [-0.2, -0.15) is 52.7 Å². The van der Waals surface area contributed by atoms with Crippen LogP contribution in [-0.4, -0.2) is 171 Å². The highest BCUT2D eigenvalue weighted by Gasteiger charge is 2.45. The van der Waals surface area contributed by atoms with Gasteiger partial charge in [0.2, 0.25) is 11.8 Å². The molecule has 0 saturated carbocycles. The van der Waals surface area contributed by atoms with Crippen LogP contribution in [0.5, 0.6) is 0 Å². The van der Waals surface area contributed by atoms with Crippen molar-refractivity contribution in [3.8, 4) is 0 Å². The van der Waals surface area contributed by atoms with E-state index >= 15 is 0 Å². The van der Waals surface area contributed by atoms with Gasteiger partial charge in [-0.15, -0.1) is 0 Å². The largest absolute Gasteiger partial charge is 0.471 e. The summed E-state index contributed by atoms with van der Waals surface area (Å²) >= 11 is 0. The highest BCUT2D eigenvalue weighted by molar-refractivity contribution is 5.87. The van der Waals surface area contributed by atoms with Gasteiger partial charge in [-0.3, -0.25) is 28.8 Å². The third-order valence-corrected chi connectivity index (χ3v) is 16.0. The molecule has 0 aliphatic carbocycles. The van der Waals surface area contributed by atoms with Crippen molar-refractivity contribution in [3.05, 3.63) is 0 Å². The van der Waals surface area contributed by atoms with Gasteiger partial charge in [0.15, 0.2) is 0 Å². The number of halogens is 12. The molecule has 0 spiro atoms. The van der Waals surface area contributed by atoms with Crippen LogP contribution in [0, 0.1) is 0 Å². The highest BCUT2D eigenvalue weighted by Crippen LogP contribution is 2.24. The smallest absolute Gasteiger partial charge is 0.352 e. The van der Waals surface area contributed by atoms with Gasteiger partial charge >= 0.3 is 48.3 Å². The fourth-order valence-corrected chi connectivity index (χ4v) is 10.7. The van der Waals surface area contributed by atoms with Crippen molar-refractivity contribution >= 4 is 35.4 Å². The summed E-state index contributed by atoms with van der Waals surface area (Å²) in [6.07, 6.45) is 15.7. The van der Waals surface area contributed by atoms with E-state index in [1.165, 1.54) is 172 Å². The Balaban J connectivity index is 2.68. The van der Waals surface area contributed by atoms with E-state index in [0.29, 0.717) is 19.5 Å². The van der Waals surface area contributed by atoms with Gasteiger partial charge in [0, 0.05) is 65.3 Å². The summed E-state index contributed by atoms with van der Waals surface area (Å²) < 4.78 is 176. The van der Waals surface area contributed by atoms with E-state index in [9.17, 15) is 81.5 Å². The Morgan fingerprint density at radius 3 is 1.11 bits per heavy atom. The second kappa shape index (κ2) is 50.3. The summed E-state index contributed by atoms with van der Waals surface area (Å²) in [5, 5.41) is 3.72. The first-order valence-electron chi connectivity index (χ1n) is 34.1. The number of carbonyl (C=O) groups excluding carboxylic acids is 6. The third-order valence-electron chi connectivity index (χ3n) is 16.0. The minimum Gasteiger partial charge on any atom is -0.352 e. The van der Waals surface area contributed by atoms with E-state index in [2.05, 4.69) is 19.2 Å². The molecule has 1 heterocycles. The molecule has 1 saturated heterocycles. The molecule has 6 amide bonds. The Labute approximate surface area is 533 Å². The lowest BCUT2D eigenvalue weighted by Crippen LogP contribution is -2.49. The van der Waals surface area contributed by atoms with E-state index in [4.69, 9.17) is 14.2 Å². The van der Waals surface area contributed by atoms with Gasteiger partial charge in [0.1, 0.15) is 6.10 Å². The Morgan fingerprint density at radius 1 is 0.396 bits per heavy atom. The topological polar surface area (TPSA) is 167 Å². The number of hydrogen-bond acceptors (Lipinski definition) is 9. The first kappa shape index (κ1) is 84.9. The van der Waals surface area contributed by atoms with Crippen molar-refractivity contribution in [1.82, 2.24) is 30.2 Å². The molecular formula is C64H110F12N6O9. The van der Waals surface area contributed by atoms with Crippen LogP contribution in [0.4, 0.5) is 52.7 Å². The maximum absolute atomic E-state index is 13.7. The zero-order valence-corrected chi connectivity index (χ0v) is 54.5. The van der Waals surface area contributed by atoms with Gasteiger partial charge in [0.25, 0.3) is 6.48 Å². The highest BCUT2D eigenvalue weighted by atomic mass is 19.4. The van der Waals surface area contributed by atoms with Crippen molar-refractivity contribution in [2.75, 3.05) is 78.7 Å². The number of ether oxygens (including phenoxy) is 3. The summed E-state index contributed by atoms with van der Waals surface area (Å²) in [6, 6.07) is 0. The first-order valence-corrected chi connectivity index (χ1v) is 34.1. The van der Waals surface area contributed by atoms with Gasteiger partial charge in [-0.05, 0) is 44.9 Å². The molecule has 0 aromatic heterocycles. The Morgan fingerprint density at radius 2 is 0.725 bits per heavy atom. The zero-order valence-electron chi connectivity index (χ0n) is 54.5. The molecule has 0 bridgehead atoms. The number of hydrogen-bond donors (Lipinski definition) is 2. The Hall–Kier alpha value is -4.14. The molecule has 0 radical (unpaired) electrons. The zero-order chi connectivity index (χ0) is 67.8. The van der Waals surface area contributed by atoms with Gasteiger partial charge < -0.3 is 44.4 Å². The molecule has 1 rings (SSSR count). The van der Waals surface area contributed by atoms with Crippen LogP contribution in [0.25, 0.3) is 0 Å². The van der Waals surface area contributed by atoms with Crippen molar-refractivity contribution in [2.45, 2.75) is 295 Å². The van der Waals surface area contributed by atoms with Crippen LogP contribution >= 0.6 is 0 Å². The fourth-order valence-electron chi connectivity index (χ4n) is 10.7. The monoisotopic (exact) mass is 1330 g/mol. The van der Waals surface area contributed by atoms with Crippen molar-refractivity contribution < 1.29 is 95.7 Å². The SMILES string of the molecule is CCCCCCCCCCCCCCCCCCN(CCCCCCCCCCCCCCCCCC)C(=O)CCCO[C@@H]1OC[C@@H](CNC(=O)CN(CCCN(CCCCN(CCCNC(=O)C(F)(F)F)C(=O)C(F)(F)F)C(=O)C(F)(F)F)C(=O)C(F)(F)F)O1. The fraction of sp³-hybridized carbons (Fsp3) is 0.906. The minimum absolute atomic E-state index is 0.00573. The van der Waals surface area contributed by atoms with Crippen LogP contribution in [0.1, 0.15) is 258 Å². The molecule has 1 fully saturated rings. The molecule has 0 aromatic carbocycles. The molecule has 91 heavy (non-hydrogen) atoms. The van der Waals surface area contributed by atoms with Crippen molar-refractivity contribution in [2.24, 2.45) is 0 Å². The second-order valence-corrected chi connectivity index (χ2v) is 24.1. The molecule has 27 heteroatoms. The lowest BCUT2D eigenvalue weighted by molar-refractivity contribution is -0.237. The third kappa shape index (κ3) is 44.2. The van der Waals surface area contributed by atoms with E-state index in [-0.39, 0.29) is 46.8 Å². The van der Waals surface area contributed by atoms with Crippen molar-refractivity contribution in [1.29, 1.82) is 0 Å². The molecular weight excluding hydrogens is 1220 g/mol. The second-order valence-electron chi connectivity index (χ2n) is 24.1. The number of carbonyl (C=O) groups is 6.